The smallest absolute Gasteiger partial charge is 0.270 e. The zero-order valence-corrected chi connectivity index (χ0v) is 18.3. The number of benzene rings is 2. The number of aryl methyl sites for hydroxylation is 2. The van der Waals surface area contributed by atoms with Gasteiger partial charge in [0.1, 0.15) is 0 Å². The molecule has 32 heavy (non-hydrogen) atoms. The summed E-state index contributed by atoms with van der Waals surface area (Å²) >= 11 is 0. The molecule has 0 aliphatic carbocycles. The molecule has 0 bridgehead atoms. The number of aromatic nitrogens is 3. The number of hydrogen-bond donors (Lipinski definition) is 2. The molecule has 0 aliphatic rings. The molecule has 2 aromatic heterocycles. The monoisotopic (exact) mass is 429 g/mol. The van der Waals surface area contributed by atoms with Crippen molar-refractivity contribution in [1.82, 2.24) is 20.4 Å². The van der Waals surface area contributed by atoms with E-state index in [1.54, 1.807) is 20.3 Å². The first kappa shape index (κ1) is 21.0. The highest BCUT2D eigenvalue weighted by Gasteiger charge is 2.15. The Morgan fingerprint density at radius 3 is 2.28 bits per heavy atom. The molecule has 0 aliphatic heterocycles. The van der Waals surface area contributed by atoms with Crippen LogP contribution in [0, 0.1) is 13.8 Å². The van der Waals surface area contributed by atoms with Gasteiger partial charge in [-0.05, 0) is 50.2 Å². The average molecular weight is 429 g/mol. The minimum atomic E-state index is -0.326. The Labute approximate surface area is 185 Å². The molecule has 4 aromatic rings. The molecule has 2 heterocycles. The molecule has 0 atom stereocenters. The van der Waals surface area contributed by atoms with Gasteiger partial charge in [-0.2, -0.15) is 0 Å². The third kappa shape index (κ3) is 4.29. The maximum absolute atomic E-state index is 13.1. The summed E-state index contributed by atoms with van der Waals surface area (Å²) in [5, 5.41) is 0.734. The molecule has 0 fully saturated rings. The standard InChI is InChI=1S/C24H23N5O3/c1-14-11-15(2)26-24(25-14)29-28-23(30)18-13-20(27-19-8-6-5-7-17(18)19)16-9-10-21(31-3)22(12-16)32-4/h5-13H,1-4H3,(H,28,30)(H,25,26,29). The van der Waals surface area contributed by atoms with Crippen molar-refractivity contribution in [2.24, 2.45) is 0 Å². The summed E-state index contributed by atoms with van der Waals surface area (Å²) in [4.78, 5) is 26.4. The summed E-state index contributed by atoms with van der Waals surface area (Å²) in [6.07, 6.45) is 0. The van der Waals surface area contributed by atoms with Crippen molar-refractivity contribution in [3.63, 3.8) is 0 Å². The Bertz CT molecular complexity index is 1290. The van der Waals surface area contributed by atoms with Crippen LogP contribution in [0.5, 0.6) is 11.5 Å². The first-order valence-electron chi connectivity index (χ1n) is 9.99. The second-order valence-electron chi connectivity index (χ2n) is 7.20. The lowest BCUT2D eigenvalue weighted by molar-refractivity contribution is 0.0964. The molecule has 8 nitrogen and oxygen atoms in total. The van der Waals surface area contributed by atoms with E-state index in [1.807, 2.05) is 62.4 Å². The van der Waals surface area contributed by atoms with E-state index in [9.17, 15) is 4.79 Å². The molecule has 162 valence electrons. The number of nitrogens with zero attached hydrogens (tertiary/aromatic N) is 3. The number of anilines is 1. The molecule has 8 heteroatoms. The fraction of sp³-hybridized carbons (Fsp3) is 0.167. The van der Waals surface area contributed by atoms with Crippen LogP contribution in [0.2, 0.25) is 0 Å². The fourth-order valence-corrected chi connectivity index (χ4v) is 3.47. The number of hydrazine groups is 1. The van der Waals surface area contributed by atoms with Crippen molar-refractivity contribution < 1.29 is 14.3 Å². The normalized spacial score (nSPS) is 10.6. The predicted octanol–water partition coefficient (Wildman–Crippen LogP) is 4.08. The molecule has 0 unspecified atom stereocenters. The summed E-state index contributed by atoms with van der Waals surface area (Å²) in [6, 6.07) is 16.6. The summed E-state index contributed by atoms with van der Waals surface area (Å²) in [7, 11) is 3.16. The largest absolute Gasteiger partial charge is 0.493 e. The fourth-order valence-electron chi connectivity index (χ4n) is 3.47. The third-order valence-corrected chi connectivity index (χ3v) is 4.91. The number of rotatable bonds is 6. The number of nitrogens with one attached hydrogen (secondary N) is 2. The average Bonchev–Trinajstić information content (AvgIpc) is 2.80. The molecule has 0 saturated carbocycles. The molecule has 2 aromatic carbocycles. The van der Waals surface area contributed by atoms with Crippen LogP contribution in [0.15, 0.2) is 54.6 Å². The number of pyridine rings is 1. The number of carbonyl (C=O) groups is 1. The molecule has 0 spiro atoms. The lowest BCUT2D eigenvalue weighted by Crippen LogP contribution is -2.30. The zero-order chi connectivity index (χ0) is 22.7. The topological polar surface area (TPSA) is 98.3 Å². The number of amides is 1. The summed E-state index contributed by atoms with van der Waals surface area (Å²) in [6.45, 7) is 3.74. The minimum absolute atomic E-state index is 0.326. The lowest BCUT2D eigenvalue weighted by atomic mass is 10.0. The lowest BCUT2D eigenvalue weighted by Gasteiger charge is -2.13. The van der Waals surface area contributed by atoms with E-state index in [0.29, 0.717) is 34.2 Å². The van der Waals surface area contributed by atoms with Gasteiger partial charge in [0.05, 0.1) is 31.0 Å². The highest BCUT2D eigenvalue weighted by atomic mass is 16.5. The van der Waals surface area contributed by atoms with Crippen molar-refractivity contribution in [1.29, 1.82) is 0 Å². The van der Waals surface area contributed by atoms with E-state index in [0.717, 1.165) is 22.3 Å². The van der Waals surface area contributed by atoms with Crippen molar-refractivity contribution in [3.8, 4) is 22.8 Å². The SMILES string of the molecule is COc1ccc(-c2cc(C(=O)NNc3nc(C)cc(C)n3)c3ccccc3n2)cc1OC. The number of ether oxygens (including phenoxy) is 2. The number of fused-ring (bicyclic) bond motifs is 1. The van der Waals surface area contributed by atoms with Crippen LogP contribution in [0.3, 0.4) is 0 Å². The number of hydrogen-bond acceptors (Lipinski definition) is 7. The molecule has 4 rings (SSSR count). The van der Waals surface area contributed by atoms with Gasteiger partial charge < -0.3 is 9.47 Å². The molecule has 0 radical (unpaired) electrons. The van der Waals surface area contributed by atoms with Crippen LogP contribution in [0.1, 0.15) is 21.7 Å². The van der Waals surface area contributed by atoms with Gasteiger partial charge >= 0.3 is 0 Å². The van der Waals surface area contributed by atoms with Gasteiger partial charge in [0.25, 0.3) is 5.91 Å². The quantitative estimate of drug-likeness (QED) is 0.446. The Morgan fingerprint density at radius 1 is 0.844 bits per heavy atom. The maximum atomic E-state index is 13.1. The van der Waals surface area contributed by atoms with E-state index >= 15 is 0 Å². The van der Waals surface area contributed by atoms with E-state index in [1.165, 1.54) is 0 Å². The Balaban J connectivity index is 1.71. The number of methoxy groups -OCH3 is 2. The van der Waals surface area contributed by atoms with Crippen LogP contribution in [0.25, 0.3) is 22.2 Å². The highest BCUT2D eigenvalue weighted by Crippen LogP contribution is 2.33. The third-order valence-electron chi connectivity index (χ3n) is 4.91. The van der Waals surface area contributed by atoms with Gasteiger partial charge in [0.2, 0.25) is 5.95 Å². The molecular formula is C24H23N5O3. The number of para-hydroxylation sites is 1. The van der Waals surface area contributed by atoms with Crippen LogP contribution in [-0.2, 0) is 0 Å². The summed E-state index contributed by atoms with van der Waals surface area (Å²) in [5.74, 6) is 1.20. The van der Waals surface area contributed by atoms with Crippen molar-refractivity contribution in [2.45, 2.75) is 13.8 Å². The van der Waals surface area contributed by atoms with Gasteiger partial charge in [-0.1, -0.05) is 18.2 Å². The number of carbonyl (C=O) groups excluding carboxylic acids is 1. The second kappa shape index (κ2) is 8.89. The minimum Gasteiger partial charge on any atom is -0.493 e. The Hall–Kier alpha value is -4.20. The Kier molecular flexibility index (Phi) is 5.85. The summed E-state index contributed by atoms with van der Waals surface area (Å²) in [5.41, 5.74) is 9.71. The predicted molar refractivity (Wildman–Crippen MR) is 123 cm³/mol. The Morgan fingerprint density at radius 2 is 1.56 bits per heavy atom. The van der Waals surface area contributed by atoms with E-state index in [-0.39, 0.29) is 5.91 Å². The van der Waals surface area contributed by atoms with Crippen molar-refractivity contribution >= 4 is 22.8 Å². The van der Waals surface area contributed by atoms with Crippen LogP contribution in [-0.4, -0.2) is 35.1 Å². The van der Waals surface area contributed by atoms with Gasteiger partial charge in [-0.25, -0.2) is 15.0 Å². The van der Waals surface area contributed by atoms with Crippen molar-refractivity contribution in [3.05, 3.63) is 71.5 Å². The second-order valence-corrected chi connectivity index (χ2v) is 7.20. The van der Waals surface area contributed by atoms with Gasteiger partial charge in [0.15, 0.2) is 11.5 Å². The molecule has 0 saturated heterocycles. The molecular weight excluding hydrogens is 406 g/mol. The highest BCUT2D eigenvalue weighted by molar-refractivity contribution is 6.07. The van der Waals surface area contributed by atoms with Crippen LogP contribution in [0.4, 0.5) is 5.95 Å². The maximum Gasteiger partial charge on any atom is 0.270 e. The molecule has 1 amide bonds. The van der Waals surface area contributed by atoms with E-state index in [2.05, 4.69) is 20.8 Å². The van der Waals surface area contributed by atoms with Gasteiger partial charge in [0, 0.05) is 22.3 Å². The first-order chi connectivity index (χ1) is 15.5. The van der Waals surface area contributed by atoms with Crippen LogP contribution >= 0.6 is 0 Å². The van der Waals surface area contributed by atoms with E-state index in [4.69, 9.17) is 14.5 Å². The molecule has 2 N–H and O–H groups in total. The first-order valence-corrected chi connectivity index (χ1v) is 9.99. The van der Waals surface area contributed by atoms with Gasteiger partial charge in [-0.15, -0.1) is 0 Å². The zero-order valence-electron chi connectivity index (χ0n) is 18.3. The van der Waals surface area contributed by atoms with Crippen molar-refractivity contribution in [2.75, 3.05) is 19.6 Å². The van der Waals surface area contributed by atoms with E-state index < -0.39 is 0 Å². The van der Waals surface area contributed by atoms with Gasteiger partial charge in [-0.3, -0.25) is 15.6 Å². The summed E-state index contributed by atoms with van der Waals surface area (Å²) < 4.78 is 10.7. The van der Waals surface area contributed by atoms with Crippen LogP contribution < -0.4 is 20.3 Å².